The minimum Gasteiger partial charge on any atom is -0.481 e. The van der Waals surface area contributed by atoms with Crippen LogP contribution in [0.5, 0.6) is 0 Å². The highest BCUT2D eigenvalue weighted by Gasteiger charge is 2.07. The molecule has 0 aromatic heterocycles. The fourth-order valence-electron chi connectivity index (χ4n) is 1.02. The van der Waals surface area contributed by atoms with Gasteiger partial charge < -0.3 is 10.4 Å². The zero-order chi connectivity index (χ0) is 10.3. The van der Waals surface area contributed by atoms with E-state index in [4.69, 9.17) is 5.11 Å². The van der Waals surface area contributed by atoms with Crippen LogP contribution >= 0.6 is 0 Å². The summed E-state index contributed by atoms with van der Waals surface area (Å²) < 4.78 is 0. The maximum Gasteiger partial charge on any atom is 0.303 e. The van der Waals surface area contributed by atoms with Crippen LogP contribution in [0.15, 0.2) is 0 Å². The predicted octanol–water partition coefficient (Wildman–Crippen LogP) is 1.01. The number of hydrogen-bond acceptors (Lipinski definition) is 2. The Hall–Kier alpha value is -1.06. The van der Waals surface area contributed by atoms with E-state index in [-0.39, 0.29) is 12.3 Å². The summed E-state index contributed by atoms with van der Waals surface area (Å²) in [7, 11) is 1.60. The summed E-state index contributed by atoms with van der Waals surface area (Å²) in [5, 5.41) is 10.9. The second-order valence-corrected chi connectivity index (χ2v) is 3.25. The number of hydrogen-bond donors (Lipinski definition) is 2. The Morgan fingerprint density at radius 3 is 2.31 bits per heavy atom. The van der Waals surface area contributed by atoms with Gasteiger partial charge in [0.15, 0.2) is 0 Å². The lowest BCUT2D eigenvalue weighted by Crippen LogP contribution is -2.18. The van der Waals surface area contributed by atoms with Crippen molar-refractivity contribution in [3.8, 4) is 0 Å². The third kappa shape index (κ3) is 7.31. The van der Waals surface area contributed by atoms with Crippen LogP contribution in [0.2, 0.25) is 0 Å². The van der Waals surface area contributed by atoms with E-state index in [0.29, 0.717) is 18.8 Å². The molecule has 13 heavy (non-hydrogen) atoms. The van der Waals surface area contributed by atoms with E-state index in [0.717, 1.165) is 6.42 Å². The molecule has 76 valence electrons. The molecule has 0 spiro atoms. The van der Waals surface area contributed by atoms with Gasteiger partial charge >= 0.3 is 5.97 Å². The van der Waals surface area contributed by atoms with E-state index in [1.807, 2.05) is 6.92 Å². The lowest BCUT2D eigenvalue weighted by molar-refractivity contribution is -0.137. The van der Waals surface area contributed by atoms with Crippen LogP contribution < -0.4 is 5.32 Å². The standard InChI is InChI=1S/C9H17NO3/c1-7(4-6-9(12)13)3-5-8(11)10-2/h7H,3-6H2,1-2H3,(H,10,11)(H,12,13). The molecule has 0 aliphatic carbocycles. The van der Waals surface area contributed by atoms with Crippen LogP contribution in [-0.4, -0.2) is 24.0 Å². The van der Waals surface area contributed by atoms with Crippen molar-refractivity contribution >= 4 is 11.9 Å². The van der Waals surface area contributed by atoms with Crippen molar-refractivity contribution in [2.24, 2.45) is 5.92 Å². The molecule has 0 saturated heterocycles. The van der Waals surface area contributed by atoms with Gasteiger partial charge in [-0.25, -0.2) is 0 Å². The van der Waals surface area contributed by atoms with Crippen LogP contribution in [0.4, 0.5) is 0 Å². The normalized spacial score (nSPS) is 12.2. The highest BCUT2D eigenvalue weighted by molar-refractivity contribution is 5.75. The van der Waals surface area contributed by atoms with Crippen LogP contribution in [-0.2, 0) is 9.59 Å². The smallest absolute Gasteiger partial charge is 0.303 e. The number of carbonyl (C=O) groups is 2. The first kappa shape index (κ1) is 11.9. The molecule has 0 aromatic carbocycles. The fraction of sp³-hybridized carbons (Fsp3) is 0.778. The van der Waals surface area contributed by atoms with Crippen molar-refractivity contribution in [1.29, 1.82) is 0 Å². The molecule has 0 fully saturated rings. The Bertz CT molecular complexity index is 180. The topological polar surface area (TPSA) is 66.4 Å². The molecule has 0 aliphatic heterocycles. The summed E-state index contributed by atoms with van der Waals surface area (Å²) in [5.74, 6) is -0.456. The highest BCUT2D eigenvalue weighted by Crippen LogP contribution is 2.12. The first-order valence-corrected chi connectivity index (χ1v) is 4.48. The van der Waals surface area contributed by atoms with Crippen molar-refractivity contribution in [2.45, 2.75) is 32.6 Å². The predicted molar refractivity (Wildman–Crippen MR) is 49.3 cm³/mol. The molecular formula is C9H17NO3. The average molecular weight is 187 g/mol. The molecule has 4 nitrogen and oxygen atoms in total. The van der Waals surface area contributed by atoms with Crippen molar-refractivity contribution in [3.05, 3.63) is 0 Å². The van der Waals surface area contributed by atoms with Gasteiger partial charge in [0, 0.05) is 19.9 Å². The fourth-order valence-corrected chi connectivity index (χ4v) is 1.02. The van der Waals surface area contributed by atoms with E-state index in [1.165, 1.54) is 0 Å². The second kappa shape index (κ2) is 6.46. The number of carboxylic acid groups (broad SMARTS) is 1. The van der Waals surface area contributed by atoms with E-state index in [2.05, 4.69) is 5.32 Å². The van der Waals surface area contributed by atoms with Gasteiger partial charge in [-0.05, 0) is 18.8 Å². The zero-order valence-corrected chi connectivity index (χ0v) is 8.17. The summed E-state index contributed by atoms with van der Waals surface area (Å²) in [6, 6.07) is 0. The Morgan fingerprint density at radius 2 is 1.85 bits per heavy atom. The second-order valence-electron chi connectivity index (χ2n) is 3.25. The molecule has 1 atom stereocenters. The molecule has 4 heteroatoms. The molecule has 1 unspecified atom stereocenters. The lowest BCUT2D eigenvalue weighted by atomic mass is 10.00. The Labute approximate surface area is 78.3 Å². The van der Waals surface area contributed by atoms with E-state index < -0.39 is 5.97 Å². The first-order chi connectivity index (χ1) is 6.06. The van der Waals surface area contributed by atoms with Crippen molar-refractivity contribution in [1.82, 2.24) is 5.32 Å². The quantitative estimate of drug-likeness (QED) is 0.652. The van der Waals surface area contributed by atoms with Gasteiger partial charge in [0.25, 0.3) is 0 Å². The van der Waals surface area contributed by atoms with Gasteiger partial charge in [-0.1, -0.05) is 6.92 Å². The number of carbonyl (C=O) groups excluding carboxylic acids is 1. The lowest BCUT2D eigenvalue weighted by Gasteiger charge is -2.08. The molecular weight excluding hydrogens is 170 g/mol. The van der Waals surface area contributed by atoms with Crippen LogP contribution in [0.1, 0.15) is 32.6 Å². The van der Waals surface area contributed by atoms with Gasteiger partial charge in [-0.3, -0.25) is 9.59 Å². The molecule has 0 aromatic rings. The Balaban J connectivity index is 3.45. The Morgan fingerprint density at radius 1 is 1.31 bits per heavy atom. The monoisotopic (exact) mass is 187 g/mol. The van der Waals surface area contributed by atoms with Crippen molar-refractivity contribution < 1.29 is 14.7 Å². The zero-order valence-electron chi connectivity index (χ0n) is 8.17. The molecule has 1 amide bonds. The number of amides is 1. The van der Waals surface area contributed by atoms with Gasteiger partial charge in [-0.2, -0.15) is 0 Å². The van der Waals surface area contributed by atoms with E-state index in [9.17, 15) is 9.59 Å². The van der Waals surface area contributed by atoms with E-state index in [1.54, 1.807) is 7.05 Å². The summed E-state index contributed by atoms with van der Waals surface area (Å²) in [6.07, 6.45) is 2.07. The first-order valence-electron chi connectivity index (χ1n) is 4.48. The highest BCUT2D eigenvalue weighted by atomic mass is 16.4. The molecule has 0 rings (SSSR count). The van der Waals surface area contributed by atoms with Gasteiger partial charge in [0.1, 0.15) is 0 Å². The molecule has 2 N–H and O–H groups in total. The largest absolute Gasteiger partial charge is 0.481 e. The van der Waals surface area contributed by atoms with Crippen LogP contribution in [0.25, 0.3) is 0 Å². The number of rotatable bonds is 6. The number of aliphatic carboxylic acids is 1. The minimum absolute atomic E-state index is 0.0159. The summed E-state index contributed by atoms with van der Waals surface area (Å²) in [5.41, 5.74) is 0. The maximum absolute atomic E-state index is 10.8. The summed E-state index contributed by atoms with van der Waals surface area (Å²) >= 11 is 0. The van der Waals surface area contributed by atoms with Gasteiger partial charge in [-0.15, -0.1) is 0 Å². The van der Waals surface area contributed by atoms with Crippen LogP contribution in [0.3, 0.4) is 0 Å². The summed E-state index contributed by atoms with van der Waals surface area (Å²) in [4.78, 5) is 21.0. The number of nitrogens with one attached hydrogen (secondary N) is 1. The van der Waals surface area contributed by atoms with E-state index >= 15 is 0 Å². The van der Waals surface area contributed by atoms with Crippen molar-refractivity contribution in [3.63, 3.8) is 0 Å². The average Bonchev–Trinajstić information content (AvgIpc) is 2.10. The molecule has 0 aliphatic rings. The molecule has 0 radical (unpaired) electrons. The third-order valence-corrected chi connectivity index (χ3v) is 1.99. The number of carboxylic acids is 1. The molecule has 0 heterocycles. The SMILES string of the molecule is CNC(=O)CCC(C)CCC(=O)O. The third-order valence-electron chi connectivity index (χ3n) is 1.99. The molecule has 0 saturated carbocycles. The molecule has 0 bridgehead atoms. The van der Waals surface area contributed by atoms with Gasteiger partial charge in [0.2, 0.25) is 5.91 Å². The van der Waals surface area contributed by atoms with Crippen molar-refractivity contribution in [2.75, 3.05) is 7.05 Å². The maximum atomic E-state index is 10.8. The van der Waals surface area contributed by atoms with Gasteiger partial charge in [0.05, 0.1) is 0 Å². The Kier molecular flexibility index (Phi) is 5.93. The summed E-state index contributed by atoms with van der Waals surface area (Å²) in [6.45, 7) is 1.96. The minimum atomic E-state index is -0.771. The van der Waals surface area contributed by atoms with Crippen LogP contribution in [0, 0.1) is 5.92 Å².